The van der Waals surface area contributed by atoms with Gasteiger partial charge in [0.1, 0.15) is 5.75 Å². The first-order valence-electron chi connectivity index (χ1n) is 5.43. The van der Waals surface area contributed by atoms with Gasteiger partial charge in [-0.1, -0.05) is 36.6 Å². The zero-order chi connectivity index (χ0) is 10.8. The van der Waals surface area contributed by atoms with Crippen molar-refractivity contribution in [3.63, 3.8) is 0 Å². The van der Waals surface area contributed by atoms with Crippen LogP contribution >= 0.6 is 24.0 Å². The van der Waals surface area contributed by atoms with Gasteiger partial charge in [0.15, 0.2) is 0 Å². The number of aromatic hydroxyl groups is 1. The van der Waals surface area contributed by atoms with E-state index >= 15 is 0 Å². The summed E-state index contributed by atoms with van der Waals surface area (Å²) in [7, 11) is 0. The van der Waals surface area contributed by atoms with Gasteiger partial charge in [-0.25, -0.2) is 0 Å². The summed E-state index contributed by atoms with van der Waals surface area (Å²) in [5.41, 5.74) is 6.94. The van der Waals surface area contributed by atoms with Gasteiger partial charge in [-0.2, -0.15) is 0 Å². The normalized spacial score (nSPS) is 18.1. The molecular weight excluding hydrogens is 245 g/mol. The van der Waals surface area contributed by atoms with Crippen LogP contribution in [0.3, 0.4) is 0 Å². The first-order valence-corrected chi connectivity index (χ1v) is 5.81. The Hall–Kier alpha value is -0.440. The molecular formula is C12H17Cl2NO. The molecule has 2 nitrogen and oxygen atoms in total. The minimum absolute atomic E-state index is 0. The second-order valence-corrected chi connectivity index (χ2v) is 4.66. The fourth-order valence-electron chi connectivity index (χ4n) is 2.37. The third-order valence-corrected chi connectivity index (χ3v) is 3.59. The maximum atomic E-state index is 9.82. The maximum Gasteiger partial charge on any atom is 0.138 e. The Kier molecular flexibility index (Phi) is 4.90. The molecule has 1 aromatic carbocycles. The lowest BCUT2D eigenvalue weighted by molar-refractivity contribution is 0.412. The van der Waals surface area contributed by atoms with Crippen LogP contribution in [0.15, 0.2) is 18.2 Å². The topological polar surface area (TPSA) is 46.2 Å². The Bertz CT molecular complexity index is 351. The highest BCUT2D eigenvalue weighted by Gasteiger charge is 2.25. The summed E-state index contributed by atoms with van der Waals surface area (Å²) in [5, 5.41) is 10.2. The lowest BCUT2D eigenvalue weighted by Crippen LogP contribution is -2.19. The first kappa shape index (κ1) is 13.6. The molecule has 3 N–H and O–H groups in total. The van der Waals surface area contributed by atoms with Crippen LogP contribution in [0.5, 0.6) is 5.75 Å². The number of halogens is 2. The molecule has 0 aliphatic heterocycles. The van der Waals surface area contributed by atoms with Gasteiger partial charge in [-0.05, 0) is 24.8 Å². The molecule has 1 aromatic rings. The molecule has 90 valence electrons. The number of phenols is 1. The maximum absolute atomic E-state index is 9.82. The van der Waals surface area contributed by atoms with Crippen molar-refractivity contribution in [2.45, 2.75) is 31.7 Å². The zero-order valence-corrected chi connectivity index (χ0v) is 10.6. The number of nitrogens with two attached hydrogens (primary N) is 1. The second-order valence-electron chi connectivity index (χ2n) is 4.25. The SMILES string of the molecule is Cl.N[C@H](c1cccc(Cl)c1O)C1CCCC1. The number of hydrogen-bond acceptors (Lipinski definition) is 2. The van der Waals surface area contributed by atoms with Crippen LogP contribution in [-0.4, -0.2) is 5.11 Å². The molecule has 1 aliphatic carbocycles. The summed E-state index contributed by atoms with van der Waals surface area (Å²) >= 11 is 5.86. The molecule has 0 unspecified atom stereocenters. The van der Waals surface area contributed by atoms with E-state index in [4.69, 9.17) is 17.3 Å². The molecule has 4 heteroatoms. The van der Waals surface area contributed by atoms with Gasteiger partial charge in [0, 0.05) is 11.6 Å². The van der Waals surface area contributed by atoms with Crippen molar-refractivity contribution in [1.29, 1.82) is 0 Å². The summed E-state index contributed by atoms with van der Waals surface area (Å²) in [6.07, 6.45) is 4.82. The first-order chi connectivity index (χ1) is 7.20. The monoisotopic (exact) mass is 261 g/mol. The number of hydrogen-bond donors (Lipinski definition) is 2. The van der Waals surface area contributed by atoms with Crippen LogP contribution in [0.4, 0.5) is 0 Å². The predicted octanol–water partition coefficient (Wildman–Crippen LogP) is 3.66. The summed E-state index contributed by atoms with van der Waals surface area (Å²) < 4.78 is 0. The highest BCUT2D eigenvalue weighted by Crippen LogP contribution is 2.39. The average Bonchev–Trinajstić information content (AvgIpc) is 2.74. The number of benzene rings is 1. The van der Waals surface area contributed by atoms with Gasteiger partial charge in [0.25, 0.3) is 0 Å². The van der Waals surface area contributed by atoms with Gasteiger partial charge in [-0.3, -0.25) is 0 Å². The zero-order valence-electron chi connectivity index (χ0n) is 9.03. The van der Waals surface area contributed by atoms with Crippen molar-refractivity contribution < 1.29 is 5.11 Å². The second kappa shape index (κ2) is 5.76. The highest BCUT2D eigenvalue weighted by molar-refractivity contribution is 6.32. The van der Waals surface area contributed by atoms with E-state index in [2.05, 4.69) is 0 Å². The Balaban J connectivity index is 0.00000128. The molecule has 0 spiro atoms. The van der Waals surface area contributed by atoms with E-state index in [0.29, 0.717) is 10.9 Å². The summed E-state index contributed by atoms with van der Waals surface area (Å²) in [6.45, 7) is 0. The number of rotatable bonds is 2. The van der Waals surface area contributed by atoms with Gasteiger partial charge in [0.2, 0.25) is 0 Å². The van der Waals surface area contributed by atoms with Crippen molar-refractivity contribution >= 4 is 24.0 Å². The molecule has 0 aromatic heterocycles. The van der Waals surface area contributed by atoms with Crippen LogP contribution in [0.2, 0.25) is 5.02 Å². The standard InChI is InChI=1S/C12H16ClNO.ClH/c13-10-7-3-6-9(12(10)15)11(14)8-4-1-2-5-8;/h3,6-8,11,15H,1-2,4-5,14H2;1H/t11-;/m0./s1. The highest BCUT2D eigenvalue weighted by atomic mass is 35.5. The lowest BCUT2D eigenvalue weighted by atomic mass is 9.92. The molecule has 0 saturated heterocycles. The molecule has 1 aliphatic rings. The Labute approximate surface area is 107 Å². The predicted molar refractivity (Wildman–Crippen MR) is 69.3 cm³/mol. The molecule has 2 rings (SSSR count). The smallest absolute Gasteiger partial charge is 0.138 e. The van der Waals surface area contributed by atoms with E-state index in [1.54, 1.807) is 6.07 Å². The minimum atomic E-state index is -0.0776. The lowest BCUT2D eigenvalue weighted by Gasteiger charge is -2.20. The van der Waals surface area contributed by atoms with E-state index in [1.165, 1.54) is 12.8 Å². The molecule has 1 atom stereocenters. The van der Waals surface area contributed by atoms with Crippen molar-refractivity contribution in [3.05, 3.63) is 28.8 Å². The van der Waals surface area contributed by atoms with Crippen LogP contribution in [0, 0.1) is 5.92 Å². The third-order valence-electron chi connectivity index (χ3n) is 3.28. The van der Waals surface area contributed by atoms with E-state index in [9.17, 15) is 5.11 Å². The molecule has 1 fully saturated rings. The van der Waals surface area contributed by atoms with Crippen molar-refractivity contribution in [2.24, 2.45) is 11.7 Å². The van der Waals surface area contributed by atoms with Gasteiger partial charge in [-0.15, -0.1) is 12.4 Å². The number of phenolic OH excluding ortho intramolecular Hbond substituents is 1. The molecule has 16 heavy (non-hydrogen) atoms. The molecule has 1 saturated carbocycles. The fraction of sp³-hybridized carbons (Fsp3) is 0.500. The van der Waals surface area contributed by atoms with Gasteiger partial charge in [0.05, 0.1) is 5.02 Å². The molecule has 0 radical (unpaired) electrons. The van der Waals surface area contributed by atoms with E-state index in [0.717, 1.165) is 18.4 Å². The molecule has 0 bridgehead atoms. The number of para-hydroxylation sites is 1. The van der Waals surface area contributed by atoms with Crippen LogP contribution in [0.1, 0.15) is 37.3 Å². The van der Waals surface area contributed by atoms with Crippen LogP contribution < -0.4 is 5.73 Å². The fourth-order valence-corrected chi connectivity index (χ4v) is 2.55. The van der Waals surface area contributed by atoms with Gasteiger partial charge < -0.3 is 10.8 Å². The summed E-state index contributed by atoms with van der Waals surface area (Å²) in [6, 6.07) is 5.31. The molecule has 0 amide bonds. The Morgan fingerprint density at radius 2 is 1.94 bits per heavy atom. The van der Waals surface area contributed by atoms with Crippen molar-refractivity contribution in [2.75, 3.05) is 0 Å². The minimum Gasteiger partial charge on any atom is -0.506 e. The van der Waals surface area contributed by atoms with E-state index < -0.39 is 0 Å². The summed E-state index contributed by atoms with van der Waals surface area (Å²) in [5.74, 6) is 0.646. The molecule has 0 heterocycles. The Morgan fingerprint density at radius 3 is 2.56 bits per heavy atom. The van der Waals surface area contributed by atoms with E-state index in [1.807, 2.05) is 12.1 Å². The average molecular weight is 262 g/mol. The largest absolute Gasteiger partial charge is 0.506 e. The third kappa shape index (κ3) is 2.62. The van der Waals surface area contributed by atoms with Crippen LogP contribution in [-0.2, 0) is 0 Å². The van der Waals surface area contributed by atoms with Crippen molar-refractivity contribution in [3.8, 4) is 5.75 Å². The quantitative estimate of drug-likeness (QED) is 0.854. The van der Waals surface area contributed by atoms with E-state index in [-0.39, 0.29) is 24.2 Å². The summed E-state index contributed by atoms with van der Waals surface area (Å²) in [4.78, 5) is 0. The van der Waals surface area contributed by atoms with Gasteiger partial charge >= 0.3 is 0 Å². The van der Waals surface area contributed by atoms with Crippen LogP contribution in [0.25, 0.3) is 0 Å². The Morgan fingerprint density at radius 1 is 1.31 bits per heavy atom. The van der Waals surface area contributed by atoms with Crippen molar-refractivity contribution in [1.82, 2.24) is 0 Å².